The fourth-order valence-corrected chi connectivity index (χ4v) is 3.66. The van der Waals surface area contributed by atoms with E-state index in [0.29, 0.717) is 31.0 Å². The number of sulfonamides is 1. The van der Waals surface area contributed by atoms with E-state index in [1.807, 2.05) is 0 Å². The van der Waals surface area contributed by atoms with Crippen molar-refractivity contribution >= 4 is 34.0 Å². The molecule has 0 spiro atoms. The van der Waals surface area contributed by atoms with Gasteiger partial charge in [0, 0.05) is 24.2 Å². The molecule has 1 fully saturated rings. The molecule has 2 N–H and O–H groups in total. The molecule has 1 aliphatic rings. The van der Waals surface area contributed by atoms with Gasteiger partial charge >= 0.3 is 0 Å². The SMILES string of the molecule is Cl.NC1CCN(S(=O)(=O)c2cccc(Cl)c2)CC1. The van der Waals surface area contributed by atoms with Crippen molar-refractivity contribution in [1.82, 2.24) is 4.31 Å². The number of nitrogens with zero attached hydrogens (tertiary/aromatic N) is 1. The highest BCUT2D eigenvalue weighted by Crippen LogP contribution is 2.22. The van der Waals surface area contributed by atoms with Gasteiger partial charge in [0.15, 0.2) is 0 Å². The number of benzene rings is 1. The second-order valence-electron chi connectivity index (χ2n) is 4.20. The molecule has 1 aromatic carbocycles. The molecule has 1 saturated heterocycles. The normalized spacial score (nSPS) is 18.3. The van der Waals surface area contributed by atoms with Crippen molar-refractivity contribution in [2.24, 2.45) is 5.73 Å². The fraction of sp³-hybridized carbons (Fsp3) is 0.455. The third-order valence-electron chi connectivity index (χ3n) is 2.93. The predicted octanol–water partition coefficient (Wildman–Crippen LogP) is 1.87. The number of piperidine rings is 1. The van der Waals surface area contributed by atoms with E-state index in [4.69, 9.17) is 17.3 Å². The van der Waals surface area contributed by atoms with Gasteiger partial charge in [0.05, 0.1) is 4.90 Å². The highest BCUT2D eigenvalue weighted by atomic mass is 35.5. The average Bonchev–Trinajstić information content (AvgIpc) is 2.29. The monoisotopic (exact) mass is 310 g/mol. The molecule has 4 nitrogen and oxygen atoms in total. The molecule has 1 aliphatic heterocycles. The van der Waals surface area contributed by atoms with Crippen molar-refractivity contribution in [2.45, 2.75) is 23.8 Å². The number of nitrogens with two attached hydrogens (primary N) is 1. The van der Waals surface area contributed by atoms with Crippen LogP contribution in [0, 0.1) is 0 Å². The van der Waals surface area contributed by atoms with Gasteiger partial charge in [0.25, 0.3) is 0 Å². The summed E-state index contributed by atoms with van der Waals surface area (Å²) in [7, 11) is -3.41. The van der Waals surface area contributed by atoms with Crippen molar-refractivity contribution in [3.05, 3.63) is 29.3 Å². The first-order valence-corrected chi connectivity index (χ1v) is 7.33. The summed E-state index contributed by atoms with van der Waals surface area (Å²) < 4.78 is 26.0. The molecule has 1 heterocycles. The Bertz CT molecular complexity index is 500. The maximum atomic E-state index is 12.3. The van der Waals surface area contributed by atoms with Crippen LogP contribution in [0.15, 0.2) is 29.2 Å². The van der Waals surface area contributed by atoms with E-state index in [0.717, 1.165) is 0 Å². The van der Waals surface area contributed by atoms with Gasteiger partial charge < -0.3 is 5.73 Å². The summed E-state index contributed by atoms with van der Waals surface area (Å²) in [4.78, 5) is 0.250. The van der Waals surface area contributed by atoms with Crippen molar-refractivity contribution < 1.29 is 8.42 Å². The number of hydrogen-bond acceptors (Lipinski definition) is 3. The molecule has 0 bridgehead atoms. The lowest BCUT2D eigenvalue weighted by atomic mass is 10.1. The Kier molecular flexibility index (Phi) is 5.43. The molecular formula is C11H16Cl2N2O2S. The molecule has 1 aromatic rings. The number of hydrogen-bond donors (Lipinski definition) is 1. The largest absolute Gasteiger partial charge is 0.328 e. The molecule has 0 unspecified atom stereocenters. The summed E-state index contributed by atoms with van der Waals surface area (Å²) in [6, 6.07) is 6.46. The molecule has 0 aromatic heterocycles. The zero-order chi connectivity index (χ0) is 12.5. The Balaban J connectivity index is 0.00000162. The lowest BCUT2D eigenvalue weighted by Crippen LogP contribution is -2.42. The molecule has 102 valence electrons. The first kappa shape index (κ1) is 15.7. The van der Waals surface area contributed by atoms with Crippen LogP contribution in [0.3, 0.4) is 0 Å². The highest BCUT2D eigenvalue weighted by molar-refractivity contribution is 7.89. The van der Waals surface area contributed by atoms with Crippen molar-refractivity contribution in [1.29, 1.82) is 0 Å². The van der Waals surface area contributed by atoms with Crippen LogP contribution in [0.5, 0.6) is 0 Å². The van der Waals surface area contributed by atoms with Gasteiger partial charge in [-0.1, -0.05) is 17.7 Å². The Morgan fingerprint density at radius 2 is 1.89 bits per heavy atom. The minimum Gasteiger partial charge on any atom is -0.328 e. The van der Waals surface area contributed by atoms with E-state index >= 15 is 0 Å². The van der Waals surface area contributed by atoms with Gasteiger partial charge in [-0.05, 0) is 31.0 Å². The third kappa shape index (κ3) is 3.36. The number of rotatable bonds is 2. The van der Waals surface area contributed by atoms with Crippen molar-refractivity contribution in [3.63, 3.8) is 0 Å². The standard InChI is InChI=1S/C11H15ClN2O2S.ClH/c12-9-2-1-3-11(8-9)17(15,16)14-6-4-10(13)5-7-14;/h1-3,8,10H,4-7,13H2;1H. The van der Waals surface area contributed by atoms with E-state index < -0.39 is 10.0 Å². The quantitative estimate of drug-likeness (QED) is 0.907. The summed E-state index contributed by atoms with van der Waals surface area (Å²) in [5.74, 6) is 0. The summed E-state index contributed by atoms with van der Waals surface area (Å²) in [6.07, 6.45) is 1.42. The average molecular weight is 311 g/mol. The minimum absolute atomic E-state index is 0. The van der Waals surface area contributed by atoms with Crippen LogP contribution in [-0.2, 0) is 10.0 Å². The van der Waals surface area contributed by atoms with Gasteiger partial charge in [-0.15, -0.1) is 12.4 Å². The van der Waals surface area contributed by atoms with E-state index in [1.54, 1.807) is 18.2 Å². The minimum atomic E-state index is -3.41. The third-order valence-corrected chi connectivity index (χ3v) is 5.06. The molecule has 0 amide bonds. The molecule has 0 atom stereocenters. The second kappa shape index (κ2) is 6.21. The van der Waals surface area contributed by atoms with E-state index in [1.165, 1.54) is 10.4 Å². The molecule has 0 radical (unpaired) electrons. The molecular weight excluding hydrogens is 295 g/mol. The second-order valence-corrected chi connectivity index (χ2v) is 6.57. The zero-order valence-corrected chi connectivity index (χ0v) is 12.1. The van der Waals surface area contributed by atoms with Gasteiger partial charge in [0.2, 0.25) is 10.0 Å². The van der Waals surface area contributed by atoms with Gasteiger partial charge in [0.1, 0.15) is 0 Å². The Hall–Kier alpha value is -0.330. The fourth-order valence-electron chi connectivity index (χ4n) is 1.89. The Morgan fingerprint density at radius 1 is 1.28 bits per heavy atom. The lowest BCUT2D eigenvalue weighted by Gasteiger charge is -2.29. The topological polar surface area (TPSA) is 63.4 Å². The van der Waals surface area contributed by atoms with Crippen LogP contribution >= 0.6 is 24.0 Å². The predicted molar refractivity (Wildman–Crippen MR) is 74.7 cm³/mol. The van der Waals surface area contributed by atoms with Gasteiger partial charge in [-0.2, -0.15) is 4.31 Å². The zero-order valence-electron chi connectivity index (χ0n) is 9.75. The van der Waals surface area contributed by atoms with E-state index in [-0.39, 0.29) is 23.3 Å². The summed E-state index contributed by atoms with van der Waals surface area (Å²) >= 11 is 5.81. The van der Waals surface area contributed by atoms with Crippen LogP contribution in [0.4, 0.5) is 0 Å². The Morgan fingerprint density at radius 3 is 2.44 bits per heavy atom. The maximum absolute atomic E-state index is 12.3. The summed E-state index contributed by atoms with van der Waals surface area (Å²) in [5.41, 5.74) is 5.76. The highest BCUT2D eigenvalue weighted by Gasteiger charge is 2.28. The molecule has 0 saturated carbocycles. The molecule has 7 heteroatoms. The number of halogens is 2. The van der Waals surface area contributed by atoms with Crippen molar-refractivity contribution in [3.8, 4) is 0 Å². The Labute approximate surface area is 119 Å². The molecule has 2 rings (SSSR count). The lowest BCUT2D eigenvalue weighted by molar-refractivity contribution is 0.320. The van der Waals surface area contributed by atoms with Crippen LogP contribution in [0.2, 0.25) is 5.02 Å². The van der Waals surface area contributed by atoms with Crippen LogP contribution in [-0.4, -0.2) is 31.9 Å². The summed E-state index contributed by atoms with van der Waals surface area (Å²) in [5, 5.41) is 0.430. The maximum Gasteiger partial charge on any atom is 0.243 e. The van der Waals surface area contributed by atoms with Gasteiger partial charge in [-0.3, -0.25) is 0 Å². The van der Waals surface area contributed by atoms with Gasteiger partial charge in [-0.25, -0.2) is 8.42 Å². The first-order valence-electron chi connectivity index (χ1n) is 5.51. The smallest absolute Gasteiger partial charge is 0.243 e. The first-order chi connectivity index (χ1) is 8.00. The van der Waals surface area contributed by atoms with E-state index in [9.17, 15) is 8.42 Å². The van der Waals surface area contributed by atoms with E-state index in [2.05, 4.69) is 0 Å². The van der Waals surface area contributed by atoms with Crippen LogP contribution in [0.25, 0.3) is 0 Å². The van der Waals surface area contributed by atoms with Crippen LogP contribution in [0.1, 0.15) is 12.8 Å². The van der Waals surface area contributed by atoms with Crippen molar-refractivity contribution in [2.75, 3.05) is 13.1 Å². The molecule has 18 heavy (non-hydrogen) atoms. The van der Waals surface area contributed by atoms with Crippen LogP contribution < -0.4 is 5.73 Å². The summed E-state index contributed by atoms with van der Waals surface area (Å²) in [6.45, 7) is 0.964. The molecule has 0 aliphatic carbocycles.